The van der Waals surface area contributed by atoms with Gasteiger partial charge in [-0.15, -0.1) is 0 Å². The van der Waals surface area contributed by atoms with Crippen molar-refractivity contribution in [2.45, 2.75) is 154 Å². The summed E-state index contributed by atoms with van der Waals surface area (Å²) in [5.41, 5.74) is 0. The maximum Gasteiger partial charge on any atom is 0.0621 e. The van der Waals surface area contributed by atoms with Gasteiger partial charge in [0.25, 0.3) is 0 Å². The third-order valence-corrected chi connectivity index (χ3v) is 5.79. The van der Waals surface area contributed by atoms with Crippen molar-refractivity contribution in [2.75, 3.05) is 0 Å². The van der Waals surface area contributed by atoms with Crippen LogP contribution >= 0.6 is 0 Å². The average molecular weight is 377 g/mol. The van der Waals surface area contributed by atoms with E-state index >= 15 is 0 Å². The Hall–Kier alpha value is -0.510. The maximum absolute atomic E-state index is 8.49. The molecular formula is C26H50N. The molecule has 0 atom stereocenters. The number of nitriles is 1. The van der Waals surface area contributed by atoms with Crippen molar-refractivity contribution < 1.29 is 0 Å². The molecule has 0 aromatic rings. The molecule has 0 saturated heterocycles. The predicted molar refractivity (Wildman–Crippen MR) is 122 cm³/mol. The first-order valence-corrected chi connectivity index (χ1v) is 12.6. The van der Waals surface area contributed by atoms with E-state index < -0.39 is 0 Å². The zero-order chi connectivity index (χ0) is 19.7. The summed E-state index contributed by atoms with van der Waals surface area (Å²) in [6.07, 6.45) is 32.9. The van der Waals surface area contributed by atoms with Gasteiger partial charge in [0.05, 0.1) is 6.07 Å². The lowest BCUT2D eigenvalue weighted by molar-refractivity contribution is 0.519. The van der Waals surface area contributed by atoms with Crippen molar-refractivity contribution in [3.05, 3.63) is 6.92 Å². The molecule has 27 heavy (non-hydrogen) atoms. The summed E-state index contributed by atoms with van der Waals surface area (Å²) < 4.78 is 0. The smallest absolute Gasteiger partial charge is 0.0621 e. The number of hydrogen-bond donors (Lipinski definition) is 0. The highest BCUT2D eigenvalue weighted by molar-refractivity contribution is 4.67. The summed E-state index contributed by atoms with van der Waals surface area (Å²) in [5.74, 6) is 0. The lowest BCUT2D eigenvalue weighted by Crippen LogP contribution is -1.84. The third-order valence-electron chi connectivity index (χ3n) is 5.79. The van der Waals surface area contributed by atoms with E-state index in [2.05, 4.69) is 13.0 Å². The number of nitrogens with zero attached hydrogens (tertiary/aromatic N) is 1. The maximum atomic E-state index is 8.49. The molecule has 0 fully saturated rings. The fourth-order valence-electron chi connectivity index (χ4n) is 3.92. The third kappa shape index (κ3) is 25.5. The molecule has 0 unspecified atom stereocenters. The molecule has 1 nitrogen and oxygen atoms in total. The van der Waals surface area contributed by atoms with Crippen LogP contribution in [0.5, 0.6) is 0 Å². The minimum atomic E-state index is 0.748. The summed E-state index contributed by atoms with van der Waals surface area (Å²) in [6, 6.07) is 2.23. The van der Waals surface area contributed by atoms with Crippen molar-refractivity contribution in [3.63, 3.8) is 0 Å². The lowest BCUT2D eigenvalue weighted by Gasteiger charge is -2.04. The van der Waals surface area contributed by atoms with Gasteiger partial charge in [-0.1, -0.05) is 148 Å². The predicted octanol–water partition coefficient (Wildman–Crippen LogP) is 9.71. The second-order valence-corrected chi connectivity index (χ2v) is 8.54. The van der Waals surface area contributed by atoms with Crippen LogP contribution in [0.15, 0.2) is 0 Å². The van der Waals surface area contributed by atoms with Crippen molar-refractivity contribution in [1.82, 2.24) is 0 Å². The quantitative estimate of drug-likeness (QED) is 0.163. The number of unbranched alkanes of at least 4 members (excludes halogenated alkanes) is 23. The van der Waals surface area contributed by atoms with Crippen molar-refractivity contribution in [1.29, 1.82) is 5.26 Å². The summed E-state index contributed by atoms with van der Waals surface area (Å²) in [6.45, 7) is 3.91. The van der Waals surface area contributed by atoms with Crippen molar-refractivity contribution in [2.24, 2.45) is 0 Å². The highest BCUT2D eigenvalue weighted by atomic mass is 14.2. The Bertz CT molecular complexity index is 291. The van der Waals surface area contributed by atoms with Crippen LogP contribution in [0.3, 0.4) is 0 Å². The first-order chi connectivity index (χ1) is 13.4. The first-order valence-electron chi connectivity index (χ1n) is 12.6. The van der Waals surface area contributed by atoms with Gasteiger partial charge in [-0.3, -0.25) is 0 Å². The minimum absolute atomic E-state index is 0.748. The van der Waals surface area contributed by atoms with Gasteiger partial charge < -0.3 is 0 Å². The fraction of sp³-hybridized carbons (Fsp3) is 0.923. The van der Waals surface area contributed by atoms with Crippen LogP contribution in [0.2, 0.25) is 0 Å². The van der Waals surface area contributed by atoms with Gasteiger partial charge in [0.1, 0.15) is 0 Å². The normalized spacial score (nSPS) is 11.0. The highest BCUT2D eigenvalue weighted by Gasteiger charge is 1.95. The largest absolute Gasteiger partial charge is 0.198 e. The summed E-state index contributed by atoms with van der Waals surface area (Å²) in [4.78, 5) is 0. The molecule has 159 valence electrons. The zero-order valence-corrected chi connectivity index (χ0v) is 18.6. The lowest BCUT2D eigenvalue weighted by atomic mass is 10.0. The van der Waals surface area contributed by atoms with Crippen LogP contribution in [-0.4, -0.2) is 0 Å². The van der Waals surface area contributed by atoms with E-state index in [-0.39, 0.29) is 0 Å². The molecule has 1 radical (unpaired) electrons. The van der Waals surface area contributed by atoms with E-state index in [1.807, 2.05) is 0 Å². The van der Waals surface area contributed by atoms with Crippen LogP contribution in [0.4, 0.5) is 0 Å². The van der Waals surface area contributed by atoms with Crippen LogP contribution in [0.25, 0.3) is 0 Å². The Morgan fingerprint density at radius 2 is 0.593 bits per heavy atom. The highest BCUT2D eigenvalue weighted by Crippen LogP contribution is 2.15. The molecule has 0 spiro atoms. The number of hydrogen-bond acceptors (Lipinski definition) is 1. The van der Waals surface area contributed by atoms with E-state index in [9.17, 15) is 0 Å². The molecule has 1 heteroatoms. The fourth-order valence-corrected chi connectivity index (χ4v) is 3.92. The Morgan fingerprint density at radius 1 is 0.370 bits per heavy atom. The topological polar surface area (TPSA) is 23.8 Å². The van der Waals surface area contributed by atoms with Crippen molar-refractivity contribution >= 4 is 0 Å². The number of rotatable bonds is 23. The van der Waals surface area contributed by atoms with E-state index in [1.54, 1.807) is 0 Å². The summed E-state index contributed by atoms with van der Waals surface area (Å²) >= 11 is 0. The molecule has 0 heterocycles. The molecule has 0 amide bonds. The van der Waals surface area contributed by atoms with E-state index in [1.165, 1.54) is 135 Å². The molecule has 0 aliphatic carbocycles. The van der Waals surface area contributed by atoms with Gasteiger partial charge in [-0.05, 0) is 6.42 Å². The molecule has 0 aromatic heterocycles. The van der Waals surface area contributed by atoms with Gasteiger partial charge in [0, 0.05) is 6.42 Å². The van der Waals surface area contributed by atoms with Gasteiger partial charge in [-0.2, -0.15) is 5.26 Å². The van der Waals surface area contributed by atoms with E-state index in [4.69, 9.17) is 5.26 Å². The van der Waals surface area contributed by atoms with Gasteiger partial charge in [0.15, 0.2) is 0 Å². The van der Waals surface area contributed by atoms with Gasteiger partial charge >= 0.3 is 0 Å². The van der Waals surface area contributed by atoms with Crippen LogP contribution < -0.4 is 0 Å². The average Bonchev–Trinajstić information content (AvgIpc) is 2.68. The summed E-state index contributed by atoms with van der Waals surface area (Å²) in [5, 5.41) is 8.49. The van der Waals surface area contributed by atoms with Gasteiger partial charge in [0.2, 0.25) is 0 Å². The second-order valence-electron chi connectivity index (χ2n) is 8.54. The SMILES string of the molecule is [CH2]CCCCCCCCCCCCCCCCCCCCCCCCC#N. The van der Waals surface area contributed by atoms with Crippen LogP contribution in [0.1, 0.15) is 154 Å². The van der Waals surface area contributed by atoms with Crippen LogP contribution in [0, 0.1) is 18.3 Å². The minimum Gasteiger partial charge on any atom is -0.198 e. The molecule has 0 aromatic carbocycles. The molecule has 0 bridgehead atoms. The molecule has 0 rings (SSSR count). The zero-order valence-electron chi connectivity index (χ0n) is 18.6. The summed E-state index contributed by atoms with van der Waals surface area (Å²) in [7, 11) is 0. The van der Waals surface area contributed by atoms with E-state index in [0.29, 0.717) is 0 Å². The molecule has 0 aliphatic rings. The Labute approximate surface area is 172 Å². The first kappa shape index (κ1) is 26.5. The monoisotopic (exact) mass is 376 g/mol. The molecule has 0 N–H and O–H groups in total. The molecule has 0 aliphatic heterocycles. The second kappa shape index (κ2) is 25.5. The van der Waals surface area contributed by atoms with Gasteiger partial charge in [-0.25, -0.2) is 0 Å². The Balaban J connectivity index is 2.96. The molecule has 0 saturated carbocycles. The Morgan fingerprint density at radius 3 is 0.815 bits per heavy atom. The Kier molecular flexibility index (Phi) is 25.0. The molecular weight excluding hydrogens is 326 g/mol. The van der Waals surface area contributed by atoms with E-state index in [0.717, 1.165) is 19.3 Å². The van der Waals surface area contributed by atoms with Crippen molar-refractivity contribution in [3.8, 4) is 6.07 Å². The van der Waals surface area contributed by atoms with Crippen LogP contribution in [-0.2, 0) is 0 Å². The standard InChI is InChI=1S/C26H50N/c1-2-3-4-5-6-7-8-9-10-11-12-13-14-15-16-17-18-19-20-21-22-23-24-25-26-27/h1-25H2.